The molecule has 0 radical (unpaired) electrons. The number of alkyl halides is 3. The van der Waals surface area contributed by atoms with Crippen molar-refractivity contribution >= 4 is 11.5 Å². The summed E-state index contributed by atoms with van der Waals surface area (Å²) >= 11 is 0. The van der Waals surface area contributed by atoms with Crippen molar-refractivity contribution in [3.63, 3.8) is 0 Å². The van der Waals surface area contributed by atoms with E-state index in [0.29, 0.717) is 30.9 Å². The molecule has 0 aromatic carbocycles. The van der Waals surface area contributed by atoms with Crippen molar-refractivity contribution < 1.29 is 13.2 Å². The van der Waals surface area contributed by atoms with E-state index < -0.39 is 12.0 Å². The maximum atomic E-state index is 13.4. The van der Waals surface area contributed by atoms with Crippen LogP contribution in [0.2, 0.25) is 0 Å². The van der Waals surface area contributed by atoms with E-state index in [0.717, 1.165) is 32.6 Å². The van der Waals surface area contributed by atoms with Gasteiger partial charge in [0.15, 0.2) is 11.5 Å². The molecule has 4 aromatic rings. The topological polar surface area (TPSA) is 77.0 Å². The normalized spacial score (nSPS) is 14.3. The number of anilines is 1. The molecule has 31 heavy (non-hydrogen) atoms. The summed E-state index contributed by atoms with van der Waals surface area (Å²) in [5.74, 6) is -0.632. The molecule has 5 heterocycles. The van der Waals surface area contributed by atoms with Crippen molar-refractivity contribution in [1.29, 1.82) is 0 Å². The van der Waals surface area contributed by atoms with Crippen molar-refractivity contribution in [2.45, 2.75) is 33.0 Å². The van der Waals surface area contributed by atoms with Crippen LogP contribution < -0.4 is 4.90 Å². The third kappa shape index (κ3) is 3.20. The van der Waals surface area contributed by atoms with Crippen molar-refractivity contribution in [3.8, 4) is 11.3 Å². The van der Waals surface area contributed by atoms with Crippen molar-refractivity contribution in [3.05, 3.63) is 52.7 Å². The molecule has 0 fully saturated rings. The Bertz CT molecular complexity index is 1300. The van der Waals surface area contributed by atoms with Gasteiger partial charge in [0.25, 0.3) is 5.82 Å². The van der Waals surface area contributed by atoms with Gasteiger partial charge in [0, 0.05) is 61.3 Å². The minimum atomic E-state index is -4.64. The number of aromatic nitrogens is 7. The lowest BCUT2D eigenvalue weighted by Gasteiger charge is -2.30. The first kappa shape index (κ1) is 19.5. The summed E-state index contributed by atoms with van der Waals surface area (Å²) in [4.78, 5) is 6.57. The molecule has 0 amide bonds. The maximum absolute atomic E-state index is 13.4. The minimum absolute atomic E-state index is 0.116. The van der Waals surface area contributed by atoms with Crippen LogP contribution in [0.15, 0.2) is 24.5 Å². The Morgan fingerprint density at radius 3 is 2.58 bits per heavy atom. The number of nitrogens with zero attached hydrogens (tertiary/aromatic N) is 8. The number of rotatable bonds is 2. The predicted octanol–water partition coefficient (Wildman–Crippen LogP) is 3.12. The molecule has 0 N–H and O–H groups in total. The molecule has 0 unspecified atom stereocenters. The lowest BCUT2D eigenvalue weighted by Crippen LogP contribution is -2.33. The van der Waals surface area contributed by atoms with Gasteiger partial charge in [-0.2, -0.15) is 22.8 Å². The second kappa shape index (κ2) is 6.76. The molecule has 5 rings (SSSR count). The van der Waals surface area contributed by atoms with E-state index in [1.807, 2.05) is 43.4 Å². The highest BCUT2D eigenvalue weighted by Gasteiger charge is 2.38. The van der Waals surface area contributed by atoms with Gasteiger partial charge >= 0.3 is 6.18 Å². The molecule has 160 valence electrons. The Kier molecular flexibility index (Phi) is 4.24. The van der Waals surface area contributed by atoms with Crippen LogP contribution in [0.1, 0.15) is 28.2 Å². The molecule has 0 saturated heterocycles. The first-order chi connectivity index (χ1) is 14.7. The van der Waals surface area contributed by atoms with Crippen LogP contribution in [0.4, 0.5) is 19.0 Å². The standard InChI is InChI=1S/C20H19F3N8/c1-11-12(2)18(28-31-17(11)25-26-19(31)20(21,22)23)30-7-5-15-14(10-30)8-13(9-24-15)16-4-6-29(3)27-16/h4,6,8-9H,5,7,10H2,1-3H3. The highest BCUT2D eigenvalue weighted by atomic mass is 19.4. The number of hydrogen-bond acceptors (Lipinski definition) is 6. The van der Waals surface area contributed by atoms with Gasteiger partial charge in [-0.1, -0.05) is 0 Å². The third-order valence-electron chi connectivity index (χ3n) is 5.67. The quantitative estimate of drug-likeness (QED) is 0.488. The van der Waals surface area contributed by atoms with Crippen LogP contribution in [0.5, 0.6) is 0 Å². The number of halogens is 3. The highest BCUT2D eigenvalue weighted by molar-refractivity contribution is 5.62. The molecule has 4 aromatic heterocycles. The summed E-state index contributed by atoms with van der Waals surface area (Å²) in [7, 11) is 1.85. The smallest absolute Gasteiger partial charge is 0.350 e. The molecule has 1 aliphatic rings. The number of aryl methyl sites for hydroxylation is 2. The second-order valence-electron chi connectivity index (χ2n) is 7.71. The summed E-state index contributed by atoms with van der Waals surface area (Å²) in [5, 5.41) is 15.8. The van der Waals surface area contributed by atoms with E-state index in [1.54, 1.807) is 11.6 Å². The summed E-state index contributed by atoms with van der Waals surface area (Å²) in [6.45, 7) is 4.68. The Labute approximate surface area is 175 Å². The van der Waals surface area contributed by atoms with Crippen LogP contribution in [-0.2, 0) is 26.2 Å². The molecule has 0 bridgehead atoms. The van der Waals surface area contributed by atoms with Crippen LogP contribution in [0, 0.1) is 13.8 Å². The van der Waals surface area contributed by atoms with Crippen LogP contribution >= 0.6 is 0 Å². The first-order valence-electron chi connectivity index (χ1n) is 9.75. The van der Waals surface area contributed by atoms with Gasteiger partial charge < -0.3 is 4.90 Å². The molecule has 1 aliphatic heterocycles. The van der Waals surface area contributed by atoms with Crippen LogP contribution in [-0.4, -0.2) is 41.1 Å². The van der Waals surface area contributed by atoms with Crippen LogP contribution in [0.3, 0.4) is 0 Å². The Hall–Kier alpha value is -3.50. The van der Waals surface area contributed by atoms with Gasteiger partial charge in [-0.3, -0.25) is 9.67 Å². The minimum Gasteiger partial charge on any atom is -0.350 e. The monoisotopic (exact) mass is 428 g/mol. The van der Waals surface area contributed by atoms with E-state index in [4.69, 9.17) is 0 Å². The molecule has 0 atom stereocenters. The lowest BCUT2D eigenvalue weighted by molar-refractivity contribution is -0.146. The van der Waals surface area contributed by atoms with Gasteiger partial charge in [0.1, 0.15) is 0 Å². The highest BCUT2D eigenvalue weighted by Crippen LogP contribution is 2.32. The van der Waals surface area contributed by atoms with Crippen molar-refractivity contribution in [1.82, 2.24) is 34.6 Å². The van der Waals surface area contributed by atoms with E-state index in [9.17, 15) is 13.2 Å². The van der Waals surface area contributed by atoms with E-state index in [-0.39, 0.29) is 5.65 Å². The van der Waals surface area contributed by atoms with E-state index in [1.165, 1.54) is 0 Å². The van der Waals surface area contributed by atoms with Gasteiger partial charge in [0.05, 0.1) is 5.69 Å². The third-order valence-corrected chi connectivity index (χ3v) is 5.67. The van der Waals surface area contributed by atoms with Gasteiger partial charge in [-0.05, 0) is 31.5 Å². The molecular weight excluding hydrogens is 409 g/mol. The Morgan fingerprint density at radius 1 is 1.06 bits per heavy atom. The Balaban J connectivity index is 1.56. The fourth-order valence-electron chi connectivity index (χ4n) is 3.91. The fourth-order valence-corrected chi connectivity index (χ4v) is 3.91. The number of fused-ring (bicyclic) bond motifs is 2. The number of pyridine rings is 1. The molecular formula is C20H19F3N8. The molecule has 0 saturated carbocycles. The zero-order valence-electron chi connectivity index (χ0n) is 17.1. The lowest BCUT2D eigenvalue weighted by atomic mass is 10.0. The van der Waals surface area contributed by atoms with E-state index >= 15 is 0 Å². The largest absolute Gasteiger partial charge is 0.453 e. The van der Waals surface area contributed by atoms with Gasteiger partial charge in [0.2, 0.25) is 0 Å². The summed E-state index contributed by atoms with van der Waals surface area (Å²) in [5.41, 5.74) is 5.23. The zero-order valence-corrected chi connectivity index (χ0v) is 17.1. The summed E-state index contributed by atoms with van der Waals surface area (Å²) < 4.78 is 42.6. The van der Waals surface area contributed by atoms with Crippen molar-refractivity contribution in [2.24, 2.45) is 7.05 Å². The molecule has 0 aliphatic carbocycles. The summed E-state index contributed by atoms with van der Waals surface area (Å²) in [6, 6.07) is 3.95. The summed E-state index contributed by atoms with van der Waals surface area (Å²) in [6.07, 6.45) is -0.293. The molecule has 8 nitrogen and oxygen atoms in total. The molecule has 11 heteroatoms. The Morgan fingerprint density at radius 2 is 1.87 bits per heavy atom. The predicted molar refractivity (Wildman–Crippen MR) is 106 cm³/mol. The van der Waals surface area contributed by atoms with Gasteiger partial charge in [-0.15, -0.1) is 15.3 Å². The number of hydrogen-bond donors (Lipinski definition) is 0. The maximum Gasteiger partial charge on any atom is 0.453 e. The van der Waals surface area contributed by atoms with Crippen molar-refractivity contribution in [2.75, 3.05) is 11.4 Å². The van der Waals surface area contributed by atoms with Gasteiger partial charge in [-0.25, -0.2) is 0 Å². The average molecular weight is 428 g/mol. The first-order valence-corrected chi connectivity index (χ1v) is 9.75. The molecule has 0 spiro atoms. The second-order valence-corrected chi connectivity index (χ2v) is 7.71. The average Bonchev–Trinajstić information content (AvgIpc) is 3.36. The van der Waals surface area contributed by atoms with Crippen LogP contribution in [0.25, 0.3) is 16.9 Å². The van der Waals surface area contributed by atoms with E-state index in [2.05, 4.69) is 25.4 Å². The zero-order chi connectivity index (χ0) is 21.9. The fraction of sp³-hybridized carbons (Fsp3) is 0.350. The SMILES string of the molecule is Cc1c(N2CCc3ncc(-c4ccn(C)n4)cc3C2)nn2c(C(F)(F)F)nnc2c1C.